The van der Waals surface area contributed by atoms with Gasteiger partial charge in [0.25, 0.3) is 0 Å². The molecule has 0 aromatic carbocycles. The summed E-state index contributed by atoms with van der Waals surface area (Å²) < 4.78 is -0.429. The average Bonchev–Trinajstić information content (AvgIpc) is 1.30. The van der Waals surface area contributed by atoms with E-state index >= 15 is 0 Å². The van der Waals surface area contributed by atoms with Gasteiger partial charge in [-0.3, -0.25) is 0 Å². The van der Waals surface area contributed by atoms with Crippen LogP contribution in [0.3, 0.4) is 0 Å². The zero-order chi connectivity index (χ0) is 5.91. The van der Waals surface area contributed by atoms with E-state index in [1.54, 1.807) is 0 Å². The molecule has 7 heavy (non-hydrogen) atoms. The van der Waals surface area contributed by atoms with Gasteiger partial charge in [0.15, 0.2) is 0 Å². The van der Waals surface area contributed by atoms with Crippen LogP contribution in [-0.2, 0) is 0 Å². The van der Waals surface area contributed by atoms with Gasteiger partial charge in [-0.1, -0.05) is 13.3 Å². The Hall–Kier alpha value is 1.05. The molecular weight excluding hydrogens is 144 g/mol. The molecule has 0 aliphatic carbocycles. The van der Waals surface area contributed by atoms with E-state index in [0.29, 0.717) is 0 Å². The van der Waals surface area contributed by atoms with Crippen molar-refractivity contribution < 1.29 is 0 Å². The zero-order valence-corrected chi connectivity index (χ0v) is 6.65. The molecule has 0 nitrogen and oxygen atoms in total. The Bertz CT molecular complexity index is 45.4. The molecule has 0 bridgehead atoms. The van der Waals surface area contributed by atoms with Gasteiger partial charge in [-0.2, -0.15) is 37.9 Å². The molecule has 0 aromatic rings. The van der Waals surface area contributed by atoms with Gasteiger partial charge < -0.3 is 0 Å². The van der Waals surface area contributed by atoms with Crippen LogP contribution in [0.2, 0.25) is 0 Å². The highest BCUT2D eigenvalue weighted by molar-refractivity contribution is 8.16. The van der Waals surface area contributed by atoms with E-state index in [2.05, 4.69) is 44.8 Å². The molecule has 0 rings (SSSR count). The van der Waals surface area contributed by atoms with Crippen molar-refractivity contribution in [3.8, 4) is 0 Å². The van der Waals surface area contributed by atoms with E-state index in [1.165, 1.54) is 0 Å². The molecular formula is C4H9S3. The zero-order valence-electron chi connectivity index (χ0n) is 3.96. The minimum atomic E-state index is -0.429. The maximum absolute atomic E-state index is 4.02. The van der Waals surface area contributed by atoms with Gasteiger partial charge >= 0.3 is 0 Å². The highest BCUT2D eigenvalue weighted by atomic mass is 32.2. The van der Waals surface area contributed by atoms with Crippen LogP contribution < -0.4 is 0 Å². The molecule has 0 saturated carbocycles. The maximum Gasteiger partial charge on any atom is 0.0980 e. The van der Waals surface area contributed by atoms with E-state index in [-0.39, 0.29) is 0 Å². The second-order valence-electron chi connectivity index (χ2n) is 1.38. The first-order valence-corrected chi connectivity index (χ1v) is 3.37. The first-order chi connectivity index (χ1) is 3.06. The standard InChI is InChI=1S/C4H9S3/c1-2-3-4(5,6)7/h5-7H,1-3H2. The Balaban J connectivity index is 3.15. The van der Waals surface area contributed by atoms with Gasteiger partial charge in [0, 0.05) is 0 Å². The molecule has 0 amide bonds. The summed E-state index contributed by atoms with van der Waals surface area (Å²) in [4.78, 5) is 0. The summed E-state index contributed by atoms with van der Waals surface area (Å²) >= 11 is 12.1. The van der Waals surface area contributed by atoms with Crippen LogP contribution in [0, 0.1) is 6.92 Å². The second kappa shape index (κ2) is 3.15. The molecule has 0 N–H and O–H groups in total. The van der Waals surface area contributed by atoms with Crippen LogP contribution in [-0.4, -0.2) is 3.41 Å². The van der Waals surface area contributed by atoms with Gasteiger partial charge in [0.2, 0.25) is 0 Å². The summed E-state index contributed by atoms with van der Waals surface area (Å²) in [6.45, 7) is 3.62. The minimum absolute atomic E-state index is 0.429. The Labute approximate surface area is 61.3 Å². The van der Waals surface area contributed by atoms with Crippen molar-refractivity contribution in [1.82, 2.24) is 0 Å². The van der Waals surface area contributed by atoms with Gasteiger partial charge in [-0.15, -0.1) is 0 Å². The van der Waals surface area contributed by atoms with Crippen LogP contribution in [0.5, 0.6) is 0 Å². The molecule has 0 heterocycles. The van der Waals surface area contributed by atoms with Gasteiger partial charge in [-0.25, -0.2) is 0 Å². The Morgan fingerprint density at radius 1 is 1.29 bits per heavy atom. The molecule has 0 aliphatic heterocycles. The SMILES string of the molecule is [CH2]CCC(S)(S)S. The van der Waals surface area contributed by atoms with Crippen LogP contribution >= 0.6 is 37.9 Å². The van der Waals surface area contributed by atoms with Crippen LogP contribution in [0.15, 0.2) is 0 Å². The smallest absolute Gasteiger partial charge is 0.0980 e. The van der Waals surface area contributed by atoms with Crippen molar-refractivity contribution in [2.45, 2.75) is 16.3 Å². The van der Waals surface area contributed by atoms with Crippen molar-refractivity contribution in [2.75, 3.05) is 0 Å². The van der Waals surface area contributed by atoms with Crippen LogP contribution in [0.25, 0.3) is 0 Å². The lowest BCUT2D eigenvalue weighted by molar-refractivity contribution is 0.913. The topological polar surface area (TPSA) is 0 Å². The van der Waals surface area contributed by atoms with E-state index in [9.17, 15) is 0 Å². The first kappa shape index (κ1) is 8.05. The third kappa shape index (κ3) is 7.05. The minimum Gasteiger partial charge on any atom is -0.151 e. The molecule has 3 heteroatoms. The lowest BCUT2D eigenvalue weighted by Crippen LogP contribution is -1.99. The fourth-order valence-corrected chi connectivity index (χ4v) is 0.712. The van der Waals surface area contributed by atoms with Crippen LogP contribution in [0.4, 0.5) is 0 Å². The third-order valence-corrected chi connectivity index (χ3v) is 1.18. The van der Waals surface area contributed by atoms with E-state index in [4.69, 9.17) is 0 Å². The van der Waals surface area contributed by atoms with Crippen molar-refractivity contribution in [2.24, 2.45) is 0 Å². The monoisotopic (exact) mass is 153 g/mol. The molecule has 43 valence electrons. The van der Waals surface area contributed by atoms with E-state index in [0.717, 1.165) is 12.8 Å². The number of rotatable bonds is 2. The maximum atomic E-state index is 4.02. The van der Waals surface area contributed by atoms with Crippen molar-refractivity contribution >= 4 is 37.9 Å². The summed E-state index contributed by atoms with van der Waals surface area (Å²) in [5.41, 5.74) is 0. The highest BCUT2D eigenvalue weighted by Gasteiger charge is 2.10. The lowest BCUT2D eigenvalue weighted by atomic mass is 10.4. The summed E-state index contributed by atoms with van der Waals surface area (Å²) in [7, 11) is 0. The number of hydrogen-bond donors (Lipinski definition) is 3. The molecule has 0 aromatic heterocycles. The number of thiol groups is 3. The predicted octanol–water partition coefficient (Wildman–Crippen LogP) is 2.04. The lowest BCUT2D eigenvalue weighted by Gasteiger charge is -2.11. The predicted molar refractivity (Wildman–Crippen MR) is 44.3 cm³/mol. The van der Waals surface area contributed by atoms with Crippen molar-refractivity contribution in [3.63, 3.8) is 0 Å². The first-order valence-electron chi connectivity index (χ1n) is 2.02. The summed E-state index contributed by atoms with van der Waals surface area (Å²) in [5, 5.41) is 0. The fourth-order valence-electron chi connectivity index (χ4n) is 0.237. The second-order valence-corrected chi connectivity index (χ2v) is 4.73. The molecule has 0 atom stereocenters. The summed E-state index contributed by atoms with van der Waals surface area (Å²) in [5.74, 6) is 0. The van der Waals surface area contributed by atoms with Crippen LogP contribution in [0.1, 0.15) is 12.8 Å². The molecule has 0 fully saturated rings. The normalized spacial score (nSPS) is 12.0. The number of hydrogen-bond acceptors (Lipinski definition) is 3. The average molecular weight is 153 g/mol. The summed E-state index contributed by atoms with van der Waals surface area (Å²) in [6.07, 6.45) is 1.65. The highest BCUT2D eigenvalue weighted by Crippen LogP contribution is 2.28. The van der Waals surface area contributed by atoms with Gasteiger partial charge in [-0.05, 0) is 6.42 Å². The molecule has 1 radical (unpaired) electrons. The van der Waals surface area contributed by atoms with Gasteiger partial charge in [0.1, 0.15) is 0 Å². The van der Waals surface area contributed by atoms with Gasteiger partial charge in [0.05, 0.1) is 3.41 Å². The molecule has 0 saturated heterocycles. The molecule has 0 unspecified atom stereocenters. The quantitative estimate of drug-likeness (QED) is 0.392. The van der Waals surface area contributed by atoms with E-state index < -0.39 is 3.41 Å². The van der Waals surface area contributed by atoms with Crippen molar-refractivity contribution in [1.29, 1.82) is 0 Å². The summed E-state index contributed by atoms with van der Waals surface area (Å²) in [6, 6.07) is 0. The molecule has 0 aliphatic rings. The Kier molecular flexibility index (Phi) is 3.62. The van der Waals surface area contributed by atoms with Crippen molar-refractivity contribution in [3.05, 3.63) is 6.92 Å². The fraction of sp³-hybridized carbons (Fsp3) is 0.750. The molecule has 0 spiro atoms. The Morgan fingerprint density at radius 2 is 1.71 bits per heavy atom. The third-order valence-electron chi connectivity index (χ3n) is 0.512. The Morgan fingerprint density at radius 3 is 1.71 bits per heavy atom. The van der Waals surface area contributed by atoms with E-state index in [1.807, 2.05) is 0 Å². The largest absolute Gasteiger partial charge is 0.151 e.